The van der Waals surface area contributed by atoms with Crippen LogP contribution in [0.3, 0.4) is 0 Å². The normalized spacial score (nSPS) is 22.3. The van der Waals surface area contributed by atoms with Crippen LogP contribution in [0.5, 0.6) is 0 Å². The van der Waals surface area contributed by atoms with Gasteiger partial charge in [0.2, 0.25) is 0 Å². The van der Waals surface area contributed by atoms with E-state index in [4.69, 9.17) is 23.7 Å². The first-order chi connectivity index (χ1) is 15.8. The Labute approximate surface area is 202 Å². The number of carbonyl (C=O) groups is 1. The summed E-state index contributed by atoms with van der Waals surface area (Å²) in [7, 11) is 0. The molecule has 0 amide bonds. The number of esters is 1. The molecular weight excluding hydrogens is 420 g/mol. The van der Waals surface area contributed by atoms with Crippen LogP contribution in [0.1, 0.15) is 111 Å². The van der Waals surface area contributed by atoms with Crippen LogP contribution in [-0.2, 0) is 28.5 Å². The zero-order chi connectivity index (χ0) is 24.0. The number of hydrogen-bond donors (Lipinski definition) is 0. The van der Waals surface area contributed by atoms with E-state index in [0.717, 1.165) is 77.4 Å². The van der Waals surface area contributed by atoms with E-state index in [0.29, 0.717) is 26.2 Å². The SMILES string of the molecule is CC(C)(CCCCOC(=O)CCCCC(C)(C)COC1CCCCO1)COC1CCCCO1. The standard InChI is InChI=1S/C27H50O6/c1-26(2,21-32-24-14-6-10-19-30-24)16-8-5-13-23(28)29-18-12-9-17-27(3,4)22-33-25-15-7-11-20-31-25/h24-25H,5-22H2,1-4H3. The van der Waals surface area contributed by atoms with Crippen LogP contribution in [0.4, 0.5) is 0 Å². The molecule has 0 N–H and O–H groups in total. The Morgan fingerprint density at radius 1 is 0.758 bits per heavy atom. The van der Waals surface area contributed by atoms with Gasteiger partial charge in [-0.15, -0.1) is 0 Å². The van der Waals surface area contributed by atoms with Crippen LogP contribution < -0.4 is 0 Å². The summed E-state index contributed by atoms with van der Waals surface area (Å²) < 4.78 is 28.6. The third kappa shape index (κ3) is 13.7. The fourth-order valence-electron chi connectivity index (χ4n) is 4.30. The molecule has 194 valence electrons. The van der Waals surface area contributed by atoms with Crippen LogP contribution in [0.2, 0.25) is 0 Å². The Balaban J connectivity index is 1.43. The number of carbonyl (C=O) groups excluding carboxylic acids is 1. The van der Waals surface area contributed by atoms with Crippen molar-refractivity contribution in [2.45, 2.75) is 124 Å². The maximum absolute atomic E-state index is 12.0. The van der Waals surface area contributed by atoms with Gasteiger partial charge >= 0.3 is 5.97 Å². The van der Waals surface area contributed by atoms with Crippen molar-refractivity contribution in [3.8, 4) is 0 Å². The van der Waals surface area contributed by atoms with Gasteiger partial charge in [0.25, 0.3) is 0 Å². The highest BCUT2D eigenvalue weighted by molar-refractivity contribution is 5.69. The van der Waals surface area contributed by atoms with E-state index in [1.165, 1.54) is 12.8 Å². The molecule has 6 nitrogen and oxygen atoms in total. The second-order valence-electron chi connectivity index (χ2n) is 11.4. The summed E-state index contributed by atoms with van der Waals surface area (Å²) in [5.74, 6) is -0.0725. The van der Waals surface area contributed by atoms with Crippen molar-refractivity contribution in [3.63, 3.8) is 0 Å². The average molecular weight is 471 g/mol. The maximum atomic E-state index is 12.0. The molecule has 0 saturated carbocycles. The summed E-state index contributed by atoms with van der Waals surface area (Å²) in [6.07, 6.45) is 13.0. The molecule has 2 rings (SSSR count). The highest BCUT2D eigenvalue weighted by Gasteiger charge is 2.23. The van der Waals surface area contributed by atoms with Gasteiger partial charge in [-0.3, -0.25) is 4.79 Å². The molecule has 0 bridgehead atoms. The van der Waals surface area contributed by atoms with Gasteiger partial charge in [0.1, 0.15) is 0 Å². The minimum absolute atomic E-state index is 0.0250. The molecule has 2 atom stereocenters. The second kappa shape index (κ2) is 15.3. The van der Waals surface area contributed by atoms with Crippen molar-refractivity contribution in [1.82, 2.24) is 0 Å². The molecule has 0 radical (unpaired) electrons. The van der Waals surface area contributed by atoms with Crippen molar-refractivity contribution in [3.05, 3.63) is 0 Å². The topological polar surface area (TPSA) is 63.2 Å². The summed E-state index contributed by atoms with van der Waals surface area (Å²) >= 11 is 0. The fourth-order valence-corrected chi connectivity index (χ4v) is 4.30. The Morgan fingerprint density at radius 2 is 1.27 bits per heavy atom. The maximum Gasteiger partial charge on any atom is 0.305 e. The van der Waals surface area contributed by atoms with Gasteiger partial charge in [0.15, 0.2) is 12.6 Å². The molecule has 2 unspecified atom stereocenters. The van der Waals surface area contributed by atoms with Crippen LogP contribution in [0.15, 0.2) is 0 Å². The van der Waals surface area contributed by atoms with E-state index in [1.807, 2.05) is 0 Å². The molecule has 0 spiro atoms. The third-order valence-electron chi connectivity index (χ3n) is 6.59. The molecular formula is C27H50O6. The van der Waals surface area contributed by atoms with E-state index >= 15 is 0 Å². The molecule has 2 aliphatic rings. The van der Waals surface area contributed by atoms with Gasteiger partial charge in [0, 0.05) is 19.6 Å². The third-order valence-corrected chi connectivity index (χ3v) is 6.59. The first-order valence-corrected chi connectivity index (χ1v) is 13.4. The zero-order valence-electron chi connectivity index (χ0n) is 21.8. The smallest absolute Gasteiger partial charge is 0.305 e. The molecule has 33 heavy (non-hydrogen) atoms. The first kappa shape index (κ1) is 28.5. The van der Waals surface area contributed by atoms with Gasteiger partial charge < -0.3 is 23.7 Å². The van der Waals surface area contributed by atoms with Gasteiger partial charge in [0.05, 0.1) is 19.8 Å². The Morgan fingerprint density at radius 3 is 1.76 bits per heavy atom. The Kier molecular flexibility index (Phi) is 13.3. The fraction of sp³-hybridized carbons (Fsp3) is 0.963. The van der Waals surface area contributed by atoms with E-state index in [2.05, 4.69) is 27.7 Å². The molecule has 0 aliphatic carbocycles. The lowest BCUT2D eigenvalue weighted by atomic mass is 9.88. The lowest BCUT2D eigenvalue weighted by Crippen LogP contribution is -2.28. The van der Waals surface area contributed by atoms with Crippen molar-refractivity contribution < 1.29 is 28.5 Å². The first-order valence-electron chi connectivity index (χ1n) is 13.4. The molecule has 0 aromatic carbocycles. The Bertz CT molecular complexity index is 521. The van der Waals surface area contributed by atoms with Crippen molar-refractivity contribution >= 4 is 5.97 Å². The van der Waals surface area contributed by atoms with E-state index in [-0.39, 0.29) is 29.4 Å². The molecule has 6 heteroatoms. The van der Waals surface area contributed by atoms with Crippen LogP contribution >= 0.6 is 0 Å². The predicted octanol–water partition coefficient (Wildman–Crippen LogP) is 6.40. The zero-order valence-corrected chi connectivity index (χ0v) is 21.8. The lowest BCUT2D eigenvalue weighted by molar-refractivity contribution is -0.177. The highest BCUT2D eigenvalue weighted by atomic mass is 16.7. The monoisotopic (exact) mass is 470 g/mol. The van der Waals surface area contributed by atoms with Gasteiger partial charge in [-0.1, -0.05) is 34.1 Å². The molecule has 2 aliphatic heterocycles. The summed E-state index contributed by atoms with van der Waals surface area (Å²) in [4.78, 5) is 12.0. The van der Waals surface area contributed by atoms with E-state index in [9.17, 15) is 4.79 Å². The van der Waals surface area contributed by atoms with E-state index in [1.54, 1.807) is 0 Å². The van der Waals surface area contributed by atoms with Gasteiger partial charge in [-0.25, -0.2) is 0 Å². The molecule has 0 aromatic heterocycles. The van der Waals surface area contributed by atoms with Crippen molar-refractivity contribution in [2.75, 3.05) is 33.0 Å². The van der Waals surface area contributed by atoms with Gasteiger partial charge in [-0.2, -0.15) is 0 Å². The number of ether oxygens (including phenoxy) is 5. The minimum Gasteiger partial charge on any atom is -0.466 e. The summed E-state index contributed by atoms with van der Waals surface area (Å²) in [6.45, 7) is 12.5. The minimum atomic E-state index is -0.0725. The van der Waals surface area contributed by atoms with Gasteiger partial charge in [-0.05, 0) is 81.5 Å². The largest absolute Gasteiger partial charge is 0.466 e. The summed E-state index contributed by atoms with van der Waals surface area (Å²) in [6, 6.07) is 0. The second-order valence-corrected chi connectivity index (χ2v) is 11.4. The molecule has 2 saturated heterocycles. The summed E-state index contributed by atoms with van der Waals surface area (Å²) in [5.41, 5.74) is 0.217. The predicted molar refractivity (Wildman–Crippen MR) is 130 cm³/mol. The summed E-state index contributed by atoms with van der Waals surface area (Å²) in [5, 5.41) is 0. The van der Waals surface area contributed by atoms with Crippen molar-refractivity contribution in [1.29, 1.82) is 0 Å². The quantitative estimate of drug-likeness (QED) is 0.192. The number of hydrogen-bond acceptors (Lipinski definition) is 6. The molecule has 0 aromatic rings. The average Bonchev–Trinajstić information content (AvgIpc) is 2.80. The number of unbranched alkanes of at least 4 members (excludes halogenated alkanes) is 2. The lowest BCUT2D eigenvalue weighted by Gasteiger charge is -2.29. The van der Waals surface area contributed by atoms with E-state index < -0.39 is 0 Å². The number of rotatable bonds is 16. The van der Waals surface area contributed by atoms with Crippen LogP contribution in [0, 0.1) is 10.8 Å². The molecule has 2 heterocycles. The van der Waals surface area contributed by atoms with Crippen molar-refractivity contribution in [2.24, 2.45) is 10.8 Å². The van der Waals surface area contributed by atoms with Crippen LogP contribution in [0.25, 0.3) is 0 Å². The Hall–Kier alpha value is -0.690. The molecule has 2 fully saturated rings. The van der Waals surface area contributed by atoms with Crippen LogP contribution in [-0.4, -0.2) is 51.6 Å². The highest BCUT2D eigenvalue weighted by Crippen LogP contribution is 2.27.